The fraction of sp³-hybridized carbons (Fsp3) is 0.286. The van der Waals surface area contributed by atoms with Gasteiger partial charge in [-0.1, -0.05) is 48.5 Å². The molecule has 0 aliphatic rings. The number of aryl methyl sites for hydroxylation is 2. The van der Waals surface area contributed by atoms with E-state index in [4.69, 9.17) is 9.51 Å². The van der Waals surface area contributed by atoms with Crippen molar-refractivity contribution in [1.82, 2.24) is 24.7 Å². The van der Waals surface area contributed by atoms with Gasteiger partial charge in [-0.25, -0.2) is 14.5 Å². The molecule has 0 radical (unpaired) electrons. The molecule has 7 nitrogen and oxygen atoms in total. The lowest BCUT2D eigenvalue weighted by Gasteiger charge is -2.12. The summed E-state index contributed by atoms with van der Waals surface area (Å²) in [5.41, 5.74) is 1.53. The second kappa shape index (κ2) is 8.57. The van der Waals surface area contributed by atoms with Crippen molar-refractivity contribution >= 4 is 22.7 Å². The van der Waals surface area contributed by atoms with Gasteiger partial charge in [-0.05, 0) is 37.1 Å². The van der Waals surface area contributed by atoms with Gasteiger partial charge in [0.25, 0.3) is 5.56 Å². The van der Waals surface area contributed by atoms with Crippen molar-refractivity contribution in [1.29, 1.82) is 0 Å². The quantitative estimate of drug-likeness (QED) is 0.337. The van der Waals surface area contributed by atoms with E-state index in [1.807, 2.05) is 37.3 Å². The lowest BCUT2D eigenvalue weighted by molar-refractivity contribution is 0.371. The second-order valence-corrected chi connectivity index (χ2v) is 7.68. The van der Waals surface area contributed by atoms with Gasteiger partial charge in [0.1, 0.15) is 5.82 Å². The number of fused-ring (bicyclic) bond motifs is 1. The Morgan fingerprint density at radius 3 is 2.79 bits per heavy atom. The summed E-state index contributed by atoms with van der Waals surface area (Å²) in [5, 5.41) is 5.15. The Labute approximate surface area is 172 Å². The topological polar surface area (TPSA) is 86.7 Å². The maximum absolute atomic E-state index is 13.2. The van der Waals surface area contributed by atoms with Crippen LogP contribution in [0, 0.1) is 6.92 Å². The van der Waals surface area contributed by atoms with Crippen LogP contribution in [0.5, 0.6) is 0 Å². The predicted octanol–water partition coefficient (Wildman–Crippen LogP) is 4.11. The van der Waals surface area contributed by atoms with Gasteiger partial charge >= 0.3 is 0 Å². The van der Waals surface area contributed by atoms with Crippen LogP contribution in [0.3, 0.4) is 0 Å². The first-order valence-corrected chi connectivity index (χ1v) is 10.5. The molecule has 1 aromatic carbocycles. The summed E-state index contributed by atoms with van der Waals surface area (Å²) in [7, 11) is 0. The van der Waals surface area contributed by atoms with Crippen molar-refractivity contribution in [3.8, 4) is 5.82 Å². The fourth-order valence-electron chi connectivity index (χ4n) is 2.91. The van der Waals surface area contributed by atoms with Gasteiger partial charge < -0.3 is 4.52 Å². The molecule has 0 fully saturated rings. The molecule has 0 amide bonds. The SMILES string of the molecule is CCCCc1nc(CSc2nc3ccccc3c(=O)n2-c2ccc(C)cn2)no1. The third kappa shape index (κ3) is 4.22. The molecule has 3 aromatic heterocycles. The molecular weight excluding hydrogens is 386 g/mol. The van der Waals surface area contributed by atoms with Crippen LogP contribution in [0.15, 0.2) is 57.1 Å². The monoisotopic (exact) mass is 407 g/mol. The van der Waals surface area contributed by atoms with Crippen LogP contribution in [-0.4, -0.2) is 24.7 Å². The number of thioether (sulfide) groups is 1. The van der Waals surface area contributed by atoms with Crippen molar-refractivity contribution in [3.63, 3.8) is 0 Å². The molecule has 29 heavy (non-hydrogen) atoms. The van der Waals surface area contributed by atoms with E-state index >= 15 is 0 Å². The minimum Gasteiger partial charge on any atom is -0.339 e. The molecule has 4 rings (SSSR count). The molecule has 0 N–H and O–H groups in total. The zero-order chi connectivity index (χ0) is 20.2. The van der Waals surface area contributed by atoms with E-state index in [0.29, 0.717) is 39.3 Å². The van der Waals surface area contributed by atoms with Crippen LogP contribution in [0.4, 0.5) is 0 Å². The summed E-state index contributed by atoms with van der Waals surface area (Å²) in [6.45, 7) is 4.08. The zero-order valence-corrected chi connectivity index (χ0v) is 17.1. The van der Waals surface area contributed by atoms with E-state index < -0.39 is 0 Å². The van der Waals surface area contributed by atoms with E-state index in [2.05, 4.69) is 22.0 Å². The highest BCUT2D eigenvalue weighted by Gasteiger charge is 2.15. The van der Waals surface area contributed by atoms with Gasteiger partial charge in [0, 0.05) is 12.6 Å². The average Bonchev–Trinajstić information content (AvgIpc) is 3.20. The molecule has 0 unspecified atom stereocenters. The van der Waals surface area contributed by atoms with E-state index in [9.17, 15) is 4.79 Å². The average molecular weight is 407 g/mol. The minimum atomic E-state index is -0.147. The first-order chi connectivity index (χ1) is 14.2. The van der Waals surface area contributed by atoms with Crippen LogP contribution in [0.2, 0.25) is 0 Å². The van der Waals surface area contributed by atoms with Crippen LogP contribution < -0.4 is 5.56 Å². The molecule has 148 valence electrons. The van der Waals surface area contributed by atoms with Crippen molar-refractivity contribution in [3.05, 3.63) is 70.2 Å². The second-order valence-electron chi connectivity index (χ2n) is 6.74. The van der Waals surface area contributed by atoms with E-state index in [1.165, 1.54) is 11.8 Å². The van der Waals surface area contributed by atoms with E-state index in [1.54, 1.807) is 16.8 Å². The Morgan fingerprint density at radius 1 is 1.14 bits per heavy atom. The normalized spacial score (nSPS) is 11.2. The van der Waals surface area contributed by atoms with Gasteiger partial charge in [-0.3, -0.25) is 4.79 Å². The van der Waals surface area contributed by atoms with Gasteiger partial charge in [-0.2, -0.15) is 4.98 Å². The van der Waals surface area contributed by atoms with Crippen LogP contribution in [0.1, 0.15) is 37.0 Å². The number of hydrogen-bond acceptors (Lipinski definition) is 7. The molecule has 8 heteroatoms. The Hall–Kier alpha value is -3.00. The molecular formula is C21H21N5O2S. The maximum atomic E-state index is 13.2. The van der Waals surface area contributed by atoms with Crippen LogP contribution in [-0.2, 0) is 12.2 Å². The fourth-order valence-corrected chi connectivity index (χ4v) is 3.75. The minimum absolute atomic E-state index is 0.147. The van der Waals surface area contributed by atoms with Gasteiger partial charge in [-0.15, -0.1) is 0 Å². The number of benzene rings is 1. The summed E-state index contributed by atoms with van der Waals surface area (Å²) < 4.78 is 6.85. The van der Waals surface area contributed by atoms with Crippen molar-refractivity contribution in [2.24, 2.45) is 0 Å². The molecule has 0 saturated carbocycles. The number of pyridine rings is 1. The number of rotatable bonds is 7. The van der Waals surface area contributed by atoms with Crippen LogP contribution >= 0.6 is 11.8 Å². The Morgan fingerprint density at radius 2 is 2.00 bits per heavy atom. The van der Waals surface area contributed by atoms with Crippen LogP contribution in [0.25, 0.3) is 16.7 Å². The summed E-state index contributed by atoms with van der Waals surface area (Å²) >= 11 is 1.39. The Kier molecular flexibility index (Phi) is 5.71. The number of aromatic nitrogens is 5. The summed E-state index contributed by atoms with van der Waals surface area (Å²) in [6.07, 6.45) is 4.61. The maximum Gasteiger partial charge on any atom is 0.267 e. The lowest BCUT2D eigenvalue weighted by Crippen LogP contribution is -2.22. The molecule has 0 saturated heterocycles. The Bertz CT molecular complexity index is 1180. The van der Waals surface area contributed by atoms with E-state index in [-0.39, 0.29) is 5.56 Å². The number of hydrogen-bond donors (Lipinski definition) is 0. The van der Waals surface area contributed by atoms with Gasteiger partial charge in [0.05, 0.1) is 16.7 Å². The third-order valence-corrected chi connectivity index (χ3v) is 5.39. The number of para-hydroxylation sites is 1. The summed E-state index contributed by atoms with van der Waals surface area (Å²) in [4.78, 5) is 26.8. The molecule has 0 atom stereocenters. The highest BCUT2D eigenvalue weighted by molar-refractivity contribution is 7.98. The first kappa shape index (κ1) is 19.3. The highest BCUT2D eigenvalue weighted by atomic mass is 32.2. The molecule has 0 spiro atoms. The molecule has 0 aliphatic heterocycles. The zero-order valence-electron chi connectivity index (χ0n) is 16.3. The number of unbranched alkanes of at least 4 members (excludes halogenated alkanes) is 1. The third-order valence-electron chi connectivity index (χ3n) is 4.45. The largest absolute Gasteiger partial charge is 0.339 e. The number of nitrogens with zero attached hydrogens (tertiary/aromatic N) is 5. The van der Waals surface area contributed by atoms with E-state index in [0.717, 1.165) is 24.8 Å². The first-order valence-electron chi connectivity index (χ1n) is 9.55. The molecule has 0 aliphatic carbocycles. The Balaban J connectivity index is 1.70. The lowest BCUT2D eigenvalue weighted by atomic mass is 10.2. The molecule has 3 heterocycles. The van der Waals surface area contributed by atoms with Crippen molar-refractivity contribution < 1.29 is 4.52 Å². The molecule has 4 aromatic rings. The van der Waals surface area contributed by atoms with Gasteiger partial charge in [0.2, 0.25) is 5.89 Å². The summed E-state index contributed by atoms with van der Waals surface area (Å²) in [6, 6.07) is 11.1. The predicted molar refractivity (Wildman–Crippen MR) is 112 cm³/mol. The smallest absolute Gasteiger partial charge is 0.267 e. The van der Waals surface area contributed by atoms with Crippen molar-refractivity contribution in [2.45, 2.75) is 44.0 Å². The summed E-state index contributed by atoms with van der Waals surface area (Å²) in [5.74, 6) is 2.23. The van der Waals surface area contributed by atoms with Crippen molar-refractivity contribution in [2.75, 3.05) is 0 Å². The van der Waals surface area contributed by atoms with Gasteiger partial charge in [0.15, 0.2) is 11.0 Å². The standard InChI is InChI=1S/C21H21N5O2S/c1-3-4-9-19-24-17(25-28-19)13-29-21-23-16-8-6-5-7-15(16)20(27)26(21)18-11-10-14(2)12-22-18/h5-8,10-12H,3-4,9,13H2,1-2H3. The highest BCUT2D eigenvalue weighted by Crippen LogP contribution is 2.23. The molecule has 0 bridgehead atoms.